The third-order valence-electron chi connectivity index (χ3n) is 3.47. The second-order valence-electron chi connectivity index (χ2n) is 5.10. The van der Waals surface area contributed by atoms with Gasteiger partial charge in [0.15, 0.2) is 0 Å². The van der Waals surface area contributed by atoms with Gasteiger partial charge in [-0.3, -0.25) is 0 Å². The molecule has 0 amide bonds. The fraction of sp³-hybridized carbons (Fsp3) is 0.400. The average Bonchev–Trinajstić information content (AvgIpc) is 2.81. The Morgan fingerprint density at radius 3 is 3.10 bits per heavy atom. The summed E-state index contributed by atoms with van der Waals surface area (Å²) >= 11 is 3.51. The monoisotopic (exact) mass is 335 g/mol. The van der Waals surface area contributed by atoms with Crippen molar-refractivity contribution in [2.45, 2.75) is 19.4 Å². The highest BCUT2D eigenvalue weighted by Gasteiger charge is 2.17. The smallest absolute Gasteiger partial charge is 0.108 e. The van der Waals surface area contributed by atoms with Gasteiger partial charge in [-0.05, 0) is 19.1 Å². The molecule has 1 aliphatic rings. The molecule has 1 unspecified atom stereocenters. The summed E-state index contributed by atoms with van der Waals surface area (Å²) in [7, 11) is 0. The lowest BCUT2D eigenvalue weighted by Gasteiger charge is -2.22. The number of rotatable bonds is 3. The number of aromatic amines is 1. The van der Waals surface area contributed by atoms with E-state index >= 15 is 0 Å². The molecule has 0 radical (unpaired) electrons. The zero-order chi connectivity index (χ0) is 13.9. The first kappa shape index (κ1) is 13.8. The number of hydrogen-bond acceptors (Lipinski definition) is 3. The van der Waals surface area contributed by atoms with Crippen molar-refractivity contribution in [1.82, 2.24) is 15.3 Å². The van der Waals surface area contributed by atoms with Crippen LogP contribution in [0.5, 0.6) is 0 Å². The molecule has 1 aromatic heterocycles. The first-order valence-corrected chi connectivity index (χ1v) is 7.64. The minimum atomic E-state index is 0.352. The third-order valence-corrected chi connectivity index (χ3v) is 3.96. The number of benzene rings is 1. The molecule has 1 aromatic carbocycles. The SMILES string of the molecule is Cc1[nH]c(CC2COCCN2)nc1-c1cccc(Br)c1. The number of nitrogens with one attached hydrogen (secondary N) is 2. The van der Waals surface area contributed by atoms with Crippen LogP contribution in [0.1, 0.15) is 11.5 Å². The Bertz CT molecular complexity index is 591. The molecule has 4 nitrogen and oxygen atoms in total. The van der Waals surface area contributed by atoms with E-state index in [1.165, 1.54) is 0 Å². The molecule has 3 rings (SSSR count). The Morgan fingerprint density at radius 2 is 2.35 bits per heavy atom. The molecular formula is C15H18BrN3O. The van der Waals surface area contributed by atoms with Crippen LogP contribution in [0, 0.1) is 6.92 Å². The summed E-state index contributed by atoms with van der Waals surface area (Å²) in [5, 5.41) is 3.45. The van der Waals surface area contributed by atoms with Gasteiger partial charge in [-0.2, -0.15) is 0 Å². The second-order valence-corrected chi connectivity index (χ2v) is 6.01. The fourth-order valence-electron chi connectivity index (χ4n) is 2.52. The van der Waals surface area contributed by atoms with Crippen LogP contribution in [0.2, 0.25) is 0 Å². The van der Waals surface area contributed by atoms with Crippen LogP contribution in [0.15, 0.2) is 28.7 Å². The maximum atomic E-state index is 5.48. The molecule has 106 valence electrons. The van der Waals surface area contributed by atoms with Crippen LogP contribution in [0.3, 0.4) is 0 Å². The summed E-state index contributed by atoms with van der Waals surface area (Å²) in [5.41, 5.74) is 3.26. The van der Waals surface area contributed by atoms with Crippen molar-refractivity contribution in [3.63, 3.8) is 0 Å². The van der Waals surface area contributed by atoms with E-state index in [9.17, 15) is 0 Å². The van der Waals surface area contributed by atoms with Crippen molar-refractivity contribution < 1.29 is 4.74 Å². The first-order chi connectivity index (χ1) is 9.72. The van der Waals surface area contributed by atoms with Crippen LogP contribution < -0.4 is 5.32 Å². The van der Waals surface area contributed by atoms with Gasteiger partial charge >= 0.3 is 0 Å². The molecule has 1 aliphatic heterocycles. The Morgan fingerprint density at radius 1 is 1.45 bits per heavy atom. The number of H-pyrrole nitrogens is 1. The number of aromatic nitrogens is 2. The summed E-state index contributed by atoms with van der Waals surface area (Å²) in [5.74, 6) is 1.01. The maximum absolute atomic E-state index is 5.48. The second kappa shape index (κ2) is 6.08. The lowest BCUT2D eigenvalue weighted by atomic mass is 10.1. The summed E-state index contributed by atoms with van der Waals surface area (Å²) < 4.78 is 6.55. The molecule has 2 aromatic rings. The minimum Gasteiger partial charge on any atom is -0.379 e. The number of aryl methyl sites for hydroxylation is 1. The molecule has 5 heteroatoms. The Labute approximate surface area is 127 Å². The fourth-order valence-corrected chi connectivity index (χ4v) is 2.92. The number of hydrogen-bond donors (Lipinski definition) is 2. The number of morpholine rings is 1. The van der Waals surface area contributed by atoms with Crippen LogP contribution in [-0.2, 0) is 11.2 Å². The number of imidazole rings is 1. The van der Waals surface area contributed by atoms with Crippen molar-refractivity contribution in [2.24, 2.45) is 0 Å². The summed E-state index contributed by atoms with van der Waals surface area (Å²) in [6.45, 7) is 4.54. The molecule has 20 heavy (non-hydrogen) atoms. The van der Waals surface area contributed by atoms with Crippen LogP contribution in [0.25, 0.3) is 11.3 Å². The van der Waals surface area contributed by atoms with Gasteiger partial charge < -0.3 is 15.0 Å². The maximum Gasteiger partial charge on any atom is 0.108 e. The molecule has 1 saturated heterocycles. The minimum absolute atomic E-state index is 0.352. The predicted molar refractivity (Wildman–Crippen MR) is 82.8 cm³/mol. The zero-order valence-corrected chi connectivity index (χ0v) is 13.0. The van der Waals surface area contributed by atoms with E-state index in [1.54, 1.807) is 0 Å². The van der Waals surface area contributed by atoms with Gasteiger partial charge in [0, 0.05) is 34.7 Å². The summed E-state index contributed by atoms with van der Waals surface area (Å²) in [6.07, 6.45) is 0.870. The average molecular weight is 336 g/mol. The van der Waals surface area contributed by atoms with Gasteiger partial charge in [0.25, 0.3) is 0 Å². The lowest BCUT2D eigenvalue weighted by Crippen LogP contribution is -2.42. The normalized spacial score (nSPS) is 19.2. The highest BCUT2D eigenvalue weighted by molar-refractivity contribution is 9.10. The summed E-state index contributed by atoms with van der Waals surface area (Å²) in [4.78, 5) is 8.13. The molecule has 1 atom stereocenters. The molecule has 0 saturated carbocycles. The van der Waals surface area contributed by atoms with E-state index < -0.39 is 0 Å². The van der Waals surface area contributed by atoms with E-state index in [2.05, 4.69) is 45.3 Å². The number of nitrogens with zero attached hydrogens (tertiary/aromatic N) is 1. The standard InChI is InChI=1S/C15H18BrN3O/c1-10-15(11-3-2-4-12(16)7-11)19-14(18-10)8-13-9-20-6-5-17-13/h2-4,7,13,17H,5-6,8-9H2,1H3,(H,18,19). The van der Waals surface area contributed by atoms with E-state index in [4.69, 9.17) is 9.72 Å². The highest BCUT2D eigenvalue weighted by Crippen LogP contribution is 2.24. The Kier molecular flexibility index (Phi) is 4.19. The molecule has 2 heterocycles. The van der Waals surface area contributed by atoms with E-state index in [0.29, 0.717) is 6.04 Å². The van der Waals surface area contributed by atoms with Gasteiger partial charge in [0.05, 0.1) is 18.9 Å². The van der Waals surface area contributed by atoms with E-state index in [1.807, 2.05) is 12.1 Å². The van der Waals surface area contributed by atoms with Crippen molar-refractivity contribution >= 4 is 15.9 Å². The van der Waals surface area contributed by atoms with Gasteiger partial charge in [-0.25, -0.2) is 4.98 Å². The topological polar surface area (TPSA) is 49.9 Å². The quantitative estimate of drug-likeness (QED) is 0.906. The number of ether oxygens (including phenoxy) is 1. The number of halogens is 1. The molecule has 0 aliphatic carbocycles. The van der Waals surface area contributed by atoms with Crippen molar-refractivity contribution in [2.75, 3.05) is 19.8 Å². The molecule has 2 N–H and O–H groups in total. The van der Waals surface area contributed by atoms with Crippen LogP contribution >= 0.6 is 15.9 Å². The van der Waals surface area contributed by atoms with E-state index in [0.717, 1.165) is 53.4 Å². The van der Waals surface area contributed by atoms with Gasteiger partial charge in [0.1, 0.15) is 5.82 Å². The van der Waals surface area contributed by atoms with Gasteiger partial charge in [-0.1, -0.05) is 28.1 Å². The zero-order valence-electron chi connectivity index (χ0n) is 11.4. The molecule has 0 spiro atoms. The van der Waals surface area contributed by atoms with Crippen molar-refractivity contribution in [1.29, 1.82) is 0 Å². The van der Waals surface area contributed by atoms with Gasteiger partial charge in [-0.15, -0.1) is 0 Å². The van der Waals surface area contributed by atoms with Gasteiger partial charge in [0.2, 0.25) is 0 Å². The van der Waals surface area contributed by atoms with Crippen LogP contribution in [-0.4, -0.2) is 35.8 Å². The summed E-state index contributed by atoms with van der Waals surface area (Å²) in [6, 6.07) is 8.58. The molecular weight excluding hydrogens is 318 g/mol. The van der Waals surface area contributed by atoms with E-state index in [-0.39, 0.29) is 0 Å². The molecule has 1 fully saturated rings. The lowest BCUT2D eigenvalue weighted by molar-refractivity contribution is 0.0764. The Balaban J connectivity index is 1.80. The largest absolute Gasteiger partial charge is 0.379 e. The predicted octanol–water partition coefficient (Wildman–Crippen LogP) is 2.68. The van der Waals surface area contributed by atoms with Crippen LogP contribution in [0.4, 0.5) is 0 Å². The van der Waals surface area contributed by atoms with Crippen molar-refractivity contribution in [3.8, 4) is 11.3 Å². The Hall–Kier alpha value is -1.17. The van der Waals surface area contributed by atoms with Crippen molar-refractivity contribution in [3.05, 3.63) is 40.3 Å². The highest BCUT2D eigenvalue weighted by atomic mass is 79.9. The first-order valence-electron chi connectivity index (χ1n) is 6.85. The third kappa shape index (κ3) is 3.11. The molecule has 0 bridgehead atoms.